The molecule has 3 aromatic carbocycles. The highest BCUT2D eigenvalue weighted by Gasteiger charge is 2.33. The molecule has 7 nitrogen and oxygen atoms in total. The molecule has 1 amide bonds. The lowest BCUT2D eigenvalue weighted by molar-refractivity contribution is -0.137. The van der Waals surface area contributed by atoms with Crippen LogP contribution in [-0.4, -0.2) is 22.6 Å². The van der Waals surface area contributed by atoms with E-state index in [2.05, 4.69) is 10.5 Å². The average Bonchev–Trinajstić information content (AvgIpc) is 3.26. The number of carbonyl (C=O) groups is 2. The number of benzene rings is 3. The molecule has 0 saturated heterocycles. The maximum absolute atomic E-state index is 13.5. The molecule has 0 aliphatic heterocycles. The number of nitriles is 1. The van der Waals surface area contributed by atoms with Crippen LogP contribution in [0.15, 0.2) is 65.2 Å². The van der Waals surface area contributed by atoms with E-state index in [-0.39, 0.29) is 44.6 Å². The largest absolute Gasteiger partial charge is 0.456 e. The first-order valence-electron chi connectivity index (χ1n) is 11.0. The molecule has 0 aliphatic carbocycles. The summed E-state index contributed by atoms with van der Waals surface area (Å²) in [6.07, 6.45) is -4.55. The van der Waals surface area contributed by atoms with Gasteiger partial charge in [0.15, 0.2) is 11.3 Å². The zero-order valence-corrected chi connectivity index (χ0v) is 19.9. The lowest BCUT2D eigenvalue weighted by Gasteiger charge is -2.20. The number of anilines is 1. The molecule has 4 rings (SSSR count). The predicted octanol–water partition coefficient (Wildman–Crippen LogP) is 6.59. The standard InChI is InChI=1S/C27H20F3N3O4/c1-26(2,3)36-25(35)19-12-15(14-31)8-11-21(19)32-24(34)23-18-10-9-16(13-22(18)37-33-23)17-6-4-5-7-20(17)27(28,29)30/h4-13H,1-3H3,(H,32,34). The fourth-order valence-corrected chi connectivity index (χ4v) is 3.66. The maximum atomic E-state index is 13.5. The Hall–Kier alpha value is -4.65. The van der Waals surface area contributed by atoms with Crippen LogP contribution in [0.4, 0.5) is 18.9 Å². The molecule has 0 radical (unpaired) electrons. The van der Waals surface area contributed by atoms with Crippen molar-refractivity contribution < 1.29 is 32.0 Å². The number of alkyl halides is 3. The maximum Gasteiger partial charge on any atom is 0.417 e. The Balaban J connectivity index is 1.67. The highest BCUT2D eigenvalue weighted by molar-refractivity contribution is 6.13. The number of amides is 1. The third kappa shape index (κ3) is 5.46. The first kappa shape index (κ1) is 25.4. The molecular weight excluding hydrogens is 487 g/mol. The number of nitrogens with zero attached hydrogens (tertiary/aromatic N) is 2. The van der Waals surface area contributed by atoms with Gasteiger partial charge in [-0.15, -0.1) is 0 Å². The Bertz CT molecular complexity index is 1560. The monoisotopic (exact) mass is 507 g/mol. The van der Waals surface area contributed by atoms with Gasteiger partial charge in [0, 0.05) is 0 Å². The van der Waals surface area contributed by atoms with E-state index in [1.807, 2.05) is 6.07 Å². The second-order valence-corrected chi connectivity index (χ2v) is 9.11. The molecular formula is C27H20F3N3O4. The molecule has 0 bridgehead atoms. The molecule has 10 heteroatoms. The third-order valence-corrected chi connectivity index (χ3v) is 5.25. The van der Waals surface area contributed by atoms with E-state index in [0.29, 0.717) is 0 Å². The zero-order valence-electron chi connectivity index (χ0n) is 19.9. The van der Waals surface area contributed by atoms with Crippen molar-refractivity contribution in [3.05, 3.63) is 83.0 Å². The van der Waals surface area contributed by atoms with Gasteiger partial charge in [-0.25, -0.2) is 4.79 Å². The molecule has 0 aliphatic rings. The molecule has 0 unspecified atom stereocenters. The number of ether oxygens (including phenoxy) is 1. The number of fused-ring (bicyclic) bond motifs is 1. The number of hydrogen-bond acceptors (Lipinski definition) is 6. The molecule has 1 N–H and O–H groups in total. The van der Waals surface area contributed by atoms with E-state index in [9.17, 15) is 28.0 Å². The number of aromatic nitrogens is 1. The van der Waals surface area contributed by atoms with Gasteiger partial charge in [-0.3, -0.25) is 4.79 Å². The van der Waals surface area contributed by atoms with E-state index >= 15 is 0 Å². The van der Waals surface area contributed by atoms with Crippen molar-refractivity contribution in [2.24, 2.45) is 0 Å². The van der Waals surface area contributed by atoms with Crippen LogP contribution >= 0.6 is 0 Å². The van der Waals surface area contributed by atoms with Crippen molar-refractivity contribution in [2.45, 2.75) is 32.5 Å². The fourth-order valence-electron chi connectivity index (χ4n) is 3.66. The Labute approximate surface area is 209 Å². The molecule has 0 spiro atoms. The number of hydrogen-bond donors (Lipinski definition) is 1. The predicted molar refractivity (Wildman–Crippen MR) is 129 cm³/mol. The number of nitrogens with one attached hydrogen (secondary N) is 1. The lowest BCUT2D eigenvalue weighted by Crippen LogP contribution is -2.25. The van der Waals surface area contributed by atoms with Crippen LogP contribution < -0.4 is 5.32 Å². The summed E-state index contributed by atoms with van der Waals surface area (Å²) >= 11 is 0. The van der Waals surface area contributed by atoms with E-state index in [1.165, 1.54) is 54.6 Å². The van der Waals surface area contributed by atoms with Gasteiger partial charge in [0.25, 0.3) is 5.91 Å². The van der Waals surface area contributed by atoms with Crippen LogP contribution in [-0.2, 0) is 10.9 Å². The van der Waals surface area contributed by atoms with E-state index in [4.69, 9.17) is 9.26 Å². The van der Waals surface area contributed by atoms with Gasteiger partial charge in [-0.1, -0.05) is 29.4 Å². The van der Waals surface area contributed by atoms with Gasteiger partial charge in [0.2, 0.25) is 0 Å². The molecule has 1 aromatic heterocycles. The van der Waals surface area contributed by atoms with Crippen LogP contribution in [0, 0.1) is 11.3 Å². The molecule has 0 saturated carbocycles. The molecule has 4 aromatic rings. The Morgan fingerprint density at radius 2 is 1.76 bits per heavy atom. The highest BCUT2D eigenvalue weighted by atomic mass is 19.4. The summed E-state index contributed by atoms with van der Waals surface area (Å²) in [5, 5.41) is 15.8. The molecule has 0 atom stereocenters. The molecule has 37 heavy (non-hydrogen) atoms. The Morgan fingerprint density at radius 3 is 2.43 bits per heavy atom. The summed E-state index contributed by atoms with van der Waals surface area (Å²) in [5.41, 5.74) is -1.20. The van der Waals surface area contributed by atoms with E-state index < -0.39 is 29.2 Å². The normalized spacial score (nSPS) is 11.7. The summed E-state index contributed by atoms with van der Waals surface area (Å²) in [6.45, 7) is 5.04. The highest BCUT2D eigenvalue weighted by Crippen LogP contribution is 2.38. The topological polar surface area (TPSA) is 105 Å². The van der Waals surface area contributed by atoms with Gasteiger partial charge in [0.1, 0.15) is 5.60 Å². The number of rotatable bonds is 4. The lowest BCUT2D eigenvalue weighted by atomic mass is 9.98. The summed E-state index contributed by atoms with van der Waals surface area (Å²) in [4.78, 5) is 25.7. The van der Waals surface area contributed by atoms with Gasteiger partial charge >= 0.3 is 12.1 Å². The van der Waals surface area contributed by atoms with Crippen molar-refractivity contribution in [2.75, 3.05) is 5.32 Å². The number of esters is 1. The third-order valence-electron chi connectivity index (χ3n) is 5.25. The quantitative estimate of drug-likeness (QED) is 0.312. The number of halogens is 3. The van der Waals surface area contributed by atoms with Gasteiger partial charge in [-0.2, -0.15) is 18.4 Å². The van der Waals surface area contributed by atoms with Crippen molar-refractivity contribution in [3.8, 4) is 17.2 Å². The second kappa shape index (κ2) is 9.43. The summed E-state index contributed by atoms with van der Waals surface area (Å²) in [6, 6.07) is 15.4. The van der Waals surface area contributed by atoms with Crippen LogP contribution in [0.5, 0.6) is 0 Å². The fraction of sp³-hybridized carbons (Fsp3) is 0.185. The Morgan fingerprint density at radius 1 is 1.03 bits per heavy atom. The van der Waals surface area contributed by atoms with Crippen LogP contribution in [0.2, 0.25) is 0 Å². The molecule has 188 valence electrons. The summed E-state index contributed by atoms with van der Waals surface area (Å²) in [7, 11) is 0. The van der Waals surface area contributed by atoms with E-state index in [1.54, 1.807) is 20.8 Å². The van der Waals surface area contributed by atoms with Crippen molar-refractivity contribution in [3.63, 3.8) is 0 Å². The summed E-state index contributed by atoms with van der Waals surface area (Å²) < 4.78 is 51.0. The Kier molecular flexibility index (Phi) is 6.48. The minimum atomic E-state index is -4.55. The van der Waals surface area contributed by atoms with Gasteiger partial charge < -0.3 is 14.6 Å². The minimum Gasteiger partial charge on any atom is -0.456 e. The zero-order chi connectivity index (χ0) is 27.0. The smallest absolute Gasteiger partial charge is 0.417 e. The summed E-state index contributed by atoms with van der Waals surface area (Å²) in [5.74, 6) is -1.46. The van der Waals surface area contributed by atoms with Crippen LogP contribution in [0.1, 0.15) is 52.7 Å². The second-order valence-electron chi connectivity index (χ2n) is 9.11. The van der Waals surface area contributed by atoms with Crippen LogP contribution in [0.3, 0.4) is 0 Å². The van der Waals surface area contributed by atoms with Crippen LogP contribution in [0.25, 0.3) is 22.1 Å². The minimum absolute atomic E-state index is 0.0267. The van der Waals surface area contributed by atoms with E-state index in [0.717, 1.165) is 6.07 Å². The SMILES string of the molecule is CC(C)(C)OC(=O)c1cc(C#N)ccc1NC(=O)c1noc2cc(-c3ccccc3C(F)(F)F)ccc12. The number of carbonyl (C=O) groups excluding carboxylic acids is 2. The van der Waals surface area contributed by atoms with Crippen molar-refractivity contribution >= 4 is 28.5 Å². The first-order valence-corrected chi connectivity index (χ1v) is 11.0. The first-order chi connectivity index (χ1) is 17.4. The van der Waals surface area contributed by atoms with Gasteiger partial charge in [-0.05, 0) is 68.3 Å². The van der Waals surface area contributed by atoms with Crippen molar-refractivity contribution in [1.29, 1.82) is 5.26 Å². The van der Waals surface area contributed by atoms with Gasteiger partial charge in [0.05, 0.1) is 33.8 Å². The average molecular weight is 507 g/mol. The molecule has 0 fully saturated rings. The van der Waals surface area contributed by atoms with Crippen molar-refractivity contribution in [1.82, 2.24) is 5.16 Å². The molecule has 1 heterocycles.